The van der Waals surface area contributed by atoms with Crippen LogP contribution in [-0.4, -0.2) is 19.1 Å². The summed E-state index contributed by atoms with van der Waals surface area (Å²) >= 11 is 0. The van der Waals surface area contributed by atoms with Crippen molar-refractivity contribution in [3.63, 3.8) is 0 Å². The molecule has 0 saturated heterocycles. The number of anilines is 3. The molecule has 0 atom stereocenters. The SMILES string of the molecule is c1ccc(N2c3ccccc3-n3c(-c4ccc(-c5nc6ccccc6n5-c5ccccc5)cc4)nc4cccc2c43)cc1. The molecule has 0 amide bonds. The van der Waals surface area contributed by atoms with Gasteiger partial charge in [0, 0.05) is 22.5 Å². The Morgan fingerprint density at radius 3 is 1.65 bits per heavy atom. The van der Waals surface area contributed by atoms with Crippen molar-refractivity contribution < 1.29 is 0 Å². The third kappa shape index (κ3) is 3.58. The molecule has 0 aliphatic carbocycles. The van der Waals surface area contributed by atoms with Crippen molar-refractivity contribution in [1.29, 1.82) is 0 Å². The summed E-state index contributed by atoms with van der Waals surface area (Å²) in [7, 11) is 0. The first-order valence-corrected chi connectivity index (χ1v) is 14.4. The van der Waals surface area contributed by atoms with Crippen LogP contribution in [0.4, 0.5) is 17.1 Å². The van der Waals surface area contributed by atoms with E-state index in [1.165, 1.54) is 0 Å². The number of benzene rings is 6. The largest absolute Gasteiger partial charge is 0.306 e. The number of para-hydroxylation sites is 7. The molecule has 5 nitrogen and oxygen atoms in total. The maximum absolute atomic E-state index is 5.20. The molecule has 202 valence electrons. The minimum Gasteiger partial charge on any atom is -0.306 e. The van der Waals surface area contributed by atoms with E-state index in [1.54, 1.807) is 0 Å². The molecule has 9 rings (SSSR count). The highest BCUT2D eigenvalue weighted by Crippen LogP contribution is 2.48. The summed E-state index contributed by atoms with van der Waals surface area (Å²) in [6, 6.07) is 52.9. The maximum atomic E-state index is 5.20. The Balaban J connectivity index is 1.22. The molecule has 1 aliphatic heterocycles. The molecule has 0 bridgehead atoms. The number of nitrogens with zero attached hydrogens (tertiary/aromatic N) is 5. The van der Waals surface area contributed by atoms with E-state index in [-0.39, 0.29) is 0 Å². The van der Waals surface area contributed by atoms with E-state index < -0.39 is 0 Å². The zero-order valence-electron chi connectivity index (χ0n) is 23.2. The lowest BCUT2D eigenvalue weighted by Gasteiger charge is -2.32. The lowest BCUT2D eigenvalue weighted by molar-refractivity contribution is 1.06. The van der Waals surface area contributed by atoms with Crippen LogP contribution >= 0.6 is 0 Å². The molecule has 0 unspecified atom stereocenters. The Kier molecular flexibility index (Phi) is 5.13. The first-order valence-electron chi connectivity index (χ1n) is 14.4. The van der Waals surface area contributed by atoms with Crippen LogP contribution in [0.5, 0.6) is 0 Å². The fourth-order valence-corrected chi connectivity index (χ4v) is 6.37. The summed E-state index contributed by atoms with van der Waals surface area (Å²) < 4.78 is 4.55. The zero-order valence-corrected chi connectivity index (χ0v) is 23.2. The molecule has 0 spiro atoms. The Labute approximate surface area is 248 Å². The van der Waals surface area contributed by atoms with Gasteiger partial charge in [0.1, 0.15) is 11.6 Å². The molecule has 8 aromatic rings. The predicted octanol–water partition coefficient (Wildman–Crippen LogP) is 9.48. The van der Waals surface area contributed by atoms with Crippen LogP contribution in [0, 0.1) is 0 Å². The summed E-state index contributed by atoms with van der Waals surface area (Å²) in [5.41, 5.74) is 11.8. The third-order valence-electron chi connectivity index (χ3n) is 8.25. The van der Waals surface area contributed by atoms with Crippen molar-refractivity contribution in [2.24, 2.45) is 0 Å². The smallest absolute Gasteiger partial charge is 0.145 e. The average Bonchev–Trinajstić information content (AvgIpc) is 3.66. The molecular formula is C38H25N5. The van der Waals surface area contributed by atoms with Gasteiger partial charge in [-0.25, -0.2) is 9.97 Å². The van der Waals surface area contributed by atoms with Crippen LogP contribution < -0.4 is 4.90 Å². The normalized spacial score (nSPS) is 12.1. The highest BCUT2D eigenvalue weighted by atomic mass is 15.2. The maximum Gasteiger partial charge on any atom is 0.145 e. The Morgan fingerprint density at radius 2 is 0.907 bits per heavy atom. The van der Waals surface area contributed by atoms with Crippen LogP contribution in [-0.2, 0) is 0 Å². The van der Waals surface area contributed by atoms with Gasteiger partial charge in [0.05, 0.1) is 39.1 Å². The quantitative estimate of drug-likeness (QED) is 0.219. The minimum absolute atomic E-state index is 0.916. The van der Waals surface area contributed by atoms with Gasteiger partial charge >= 0.3 is 0 Å². The number of rotatable bonds is 4. The predicted molar refractivity (Wildman–Crippen MR) is 175 cm³/mol. The number of imidazole rings is 2. The van der Waals surface area contributed by atoms with E-state index in [0.29, 0.717) is 0 Å². The fourth-order valence-electron chi connectivity index (χ4n) is 6.37. The topological polar surface area (TPSA) is 38.9 Å². The fraction of sp³-hybridized carbons (Fsp3) is 0. The van der Waals surface area contributed by atoms with Gasteiger partial charge in [-0.3, -0.25) is 9.13 Å². The third-order valence-corrected chi connectivity index (χ3v) is 8.25. The van der Waals surface area contributed by atoms with Crippen molar-refractivity contribution in [1.82, 2.24) is 19.1 Å². The van der Waals surface area contributed by atoms with Crippen LogP contribution in [0.15, 0.2) is 152 Å². The summed E-state index contributed by atoms with van der Waals surface area (Å²) in [6.45, 7) is 0. The first-order chi connectivity index (χ1) is 21.3. The number of hydrogen-bond donors (Lipinski definition) is 0. The van der Waals surface area contributed by atoms with Gasteiger partial charge in [-0.1, -0.05) is 91.0 Å². The molecule has 43 heavy (non-hydrogen) atoms. The second kappa shape index (κ2) is 9.29. The lowest BCUT2D eigenvalue weighted by atomic mass is 10.1. The molecule has 0 N–H and O–H groups in total. The van der Waals surface area contributed by atoms with Crippen molar-refractivity contribution >= 4 is 39.1 Å². The molecule has 2 aromatic heterocycles. The molecule has 6 aromatic carbocycles. The van der Waals surface area contributed by atoms with E-state index in [4.69, 9.17) is 9.97 Å². The molecule has 0 radical (unpaired) electrons. The van der Waals surface area contributed by atoms with Gasteiger partial charge in [-0.15, -0.1) is 0 Å². The van der Waals surface area contributed by atoms with Crippen LogP contribution in [0.1, 0.15) is 0 Å². The average molecular weight is 552 g/mol. The van der Waals surface area contributed by atoms with E-state index in [9.17, 15) is 0 Å². The van der Waals surface area contributed by atoms with E-state index >= 15 is 0 Å². The number of fused-ring (bicyclic) bond motifs is 3. The van der Waals surface area contributed by atoms with E-state index in [0.717, 1.165) is 73.3 Å². The molecule has 5 heteroatoms. The van der Waals surface area contributed by atoms with Gasteiger partial charge in [-0.05, 0) is 60.7 Å². The zero-order chi connectivity index (χ0) is 28.3. The highest BCUT2D eigenvalue weighted by Gasteiger charge is 2.29. The van der Waals surface area contributed by atoms with Crippen molar-refractivity contribution in [3.8, 4) is 34.2 Å². The van der Waals surface area contributed by atoms with Gasteiger partial charge in [0.15, 0.2) is 0 Å². The van der Waals surface area contributed by atoms with Gasteiger partial charge in [-0.2, -0.15) is 0 Å². The standard InChI is InChI=1S/C38H25N5/c1-3-12-28(13-4-1)41-33-19-9-10-20-34(33)43-36-31(17-11-21-35(36)41)40-38(43)27-24-22-26(23-25-27)37-39-30-16-7-8-18-32(30)42(37)29-14-5-2-6-15-29/h1-25H. The molecule has 3 heterocycles. The highest BCUT2D eigenvalue weighted by molar-refractivity contribution is 6.03. The summed E-state index contributed by atoms with van der Waals surface area (Å²) in [5, 5.41) is 0. The van der Waals surface area contributed by atoms with Gasteiger partial charge < -0.3 is 4.90 Å². The van der Waals surface area contributed by atoms with Crippen LogP contribution in [0.25, 0.3) is 56.2 Å². The van der Waals surface area contributed by atoms with Crippen molar-refractivity contribution in [3.05, 3.63) is 152 Å². The second-order valence-electron chi connectivity index (χ2n) is 10.7. The Bertz CT molecular complexity index is 2280. The Morgan fingerprint density at radius 1 is 0.372 bits per heavy atom. The first kappa shape index (κ1) is 23.7. The number of aromatic nitrogens is 4. The van der Waals surface area contributed by atoms with Crippen LogP contribution in [0.3, 0.4) is 0 Å². The summed E-state index contributed by atoms with van der Waals surface area (Å²) in [6.07, 6.45) is 0. The number of hydrogen-bond acceptors (Lipinski definition) is 3. The van der Waals surface area contributed by atoms with Gasteiger partial charge in [0.2, 0.25) is 0 Å². The van der Waals surface area contributed by atoms with Crippen molar-refractivity contribution in [2.45, 2.75) is 0 Å². The lowest BCUT2D eigenvalue weighted by Crippen LogP contribution is -2.18. The molecule has 1 aliphatic rings. The van der Waals surface area contributed by atoms with Gasteiger partial charge in [0.25, 0.3) is 0 Å². The molecule has 0 saturated carbocycles. The van der Waals surface area contributed by atoms with Crippen LogP contribution in [0.2, 0.25) is 0 Å². The second-order valence-corrected chi connectivity index (χ2v) is 10.7. The monoisotopic (exact) mass is 551 g/mol. The minimum atomic E-state index is 0.916. The van der Waals surface area contributed by atoms with Crippen molar-refractivity contribution in [2.75, 3.05) is 4.90 Å². The summed E-state index contributed by atoms with van der Waals surface area (Å²) in [5.74, 6) is 1.84. The molecule has 0 fully saturated rings. The Hall–Kier alpha value is -5.94. The van der Waals surface area contributed by atoms with E-state index in [1.807, 2.05) is 12.1 Å². The van der Waals surface area contributed by atoms with E-state index in [2.05, 4.69) is 154 Å². The summed E-state index contributed by atoms with van der Waals surface area (Å²) in [4.78, 5) is 12.6. The molecular weight excluding hydrogens is 526 g/mol.